The maximum atomic E-state index is 4.71. The van der Waals surface area contributed by atoms with Gasteiger partial charge in [-0.1, -0.05) is 24.3 Å². The van der Waals surface area contributed by atoms with Gasteiger partial charge in [-0.25, -0.2) is 9.97 Å². The highest BCUT2D eigenvalue weighted by molar-refractivity contribution is 7.21. The molecule has 0 atom stereocenters. The van der Waals surface area contributed by atoms with Gasteiger partial charge in [0.2, 0.25) is 5.95 Å². The molecule has 2 N–H and O–H groups in total. The van der Waals surface area contributed by atoms with E-state index in [-0.39, 0.29) is 0 Å². The van der Waals surface area contributed by atoms with Crippen LogP contribution in [0.15, 0.2) is 60.8 Å². The second kappa shape index (κ2) is 6.25. The van der Waals surface area contributed by atoms with Gasteiger partial charge in [0.1, 0.15) is 10.8 Å². The highest BCUT2D eigenvalue weighted by Gasteiger charge is 2.07. The van der Waals surface area contributed by atoms with Crippen LogP contribution in [0.5, 0.6) is 0 Å². The van der Waals surface area contributed by atoms with E-state index in [9.17, 15) is 0 Å². The molecule has 0 fully saturated rings. The summed E-state index contributed by atoms with van der Waals surface area (Å²) in [5.74, 6) is 1.33. The van der Waals surface area contributed by atoms with Crippen LogP contribution in [0.25, 0.3) is 20.8 Å². The Morgan fingerprint density at radius 2 is 1.88 bits per heavy atom. The summed E-state index contributed by atoms with van der Waals surface area (Å²) in [6, 6.07) is 18.1. The number of nitrogens with one attached hydrogen (secondary N) is 2. The fourth-order valence-corrected chi connectivity index (χ4v) is 3.37. The molecule has 0 amide bonds. The number of hydrogen-bond acceptors (Lipinski definition) is 6. The molecule has 2 heterocycles. The monoisotopic (exact) mass is 333 g/mol. The van der Waals surface area contributed by atoms with E-state index in [1.54, 1.807) is 17.5 Å². The summed E-state index contributed by atoms with van der Waals surface area (Å²) in [6.07, 6.45) is 1.72. The van der Waals surface area contributed by atoms with Crippen LogP contribution in [0.2, 0.25) is 0 Å². The third-order valence-electron chi connectivity index (χ3n) is 3.57. The Hall–Kier alpha value is -2.99. The molecule has 0 bridgehead atoms. The van der Waals surface area contributed by atoms with Crippen LogP contribution in [-0.4, -0.2) is 22.0 Å². The van der Waals surface area contributed by atoms with Crippen molar-refractivity contribution in [3.05, 3.63) is 60.8 Å². The predicted molar refractivity (Wildman–Crippen MR) is 99.9 cm³/mol. The molecule has 4 aromatic rings. The summed E-state index contributed by atoms with van der Waals surface area (Å²) in [5, 5.41) is 7.25. The molecule has 5 nitrogen and oxygen atoms in total. The SMILES string of the molecule is CNc1ccnc(Nc2cccc(-c3nc4ccccc4s3)c2)n1. The Labute approximate surface area is 143 Å². The van der Waals surface area contributed by atoms with Gasteiger partial charge in [0, 0.05) is 24.5 Å². The van der Waals surface area contributed by atoms with Gasteiger partial charge in [0.25, 0.3) is 0 Å². The number of hydrogen-bond donors (Lipinski definition) is 2. The van der Waals surface area contributed by atoms with Crippen LogP contribution < -0.4 is 10.6 Å². The molecule has 0 aliphatic rings. The van der Waals surface area contributed by atoms with Crippen molar-refractivity contribution in [3.8, 4) is 10.6 Å². The molecule has 0 spiro atoms. The minimum absolute atomic E-state index is 0.559. The highest BCUT2D eigenvalue weighted by atomic mass is 32.1. The fourth-order valence-electron chi connectivity index (χ4n) is 2.41. The highest BCUT2D eigenvalue weighted by Crippen LogP contribution is 2.31. The molecular formula is C18H15N5S. The van der Waals surface area contributed by atoms with Crippen molar-refractivity contribution in [3.63, 3.8) is 0 Å². The van der Waals surface area contributed by atoms with Crippen LogP contribution in [-0.2, 0) is 0 Å². The van der Waals surface area contributed by atoms with E-state index in [1.165, 1.54) is 4.70 Å². The predicted octanol–water partition coefficient (Wildman–Crippen LogP) is 4.54. The normalized spacial score (nSPS) is 10.7. The molecular weight excluding hydrogens is 318 g/mol. The number of fused-ring (bicyclic) bond motifs is 1. The number of nitrogens with zero attached hydrogens (tertiary/aromatic N) is 3. The van der Waals surface area contributed by atoms with E-state index in [0.29, 0.717) is 5.95 Å². The lowest BCUT2D eigenvalue weighted by Crippen LogP contribution is -1.99. The minimum atomic E-state index is 0.559. The van der Waals surface area contributed by atoms with Gasteiger partial charge in [-0.15, -0.1) is 11.3 Å². The van der Waals surface area contributed by atoms with Gasteiger partial charge < -0.3 is 10.6 Å². The molecule has 0 unspecified atom stereocenters. The molecule has 0 aliphatic heterocycles. The summed E-state index contributed by atoms with van der Waals surface area (Å²) >= 11 is 1.69. The number of anilines is 3. The Morgan fingerprint density at radius 3 is 2.75 bits per heavy atom. The quantitative estimate of drug-likeness (QED) is 0.574. The molecule has 0 aliphatic carbocycles. The number of rotatable bonds is 4. The zero-order valence-electron chi connectivity index (χ0n) is 13.0. The summed E-state index contributed by atoms with van der Waals surface area (Å²) < 4.78 is 1.19. The summed E-state index contributed by atoms with van der Waals surface area (Å²) in [6.45, 7) is 0. The van der Waals surface area contributed by atoms with Crippen molar-refractivity contribution >= 4 is 39.0 Å². The largest absolute Gasteiger partial charge is 0.373 e. The summed E-state index contributed by atoms with van der Waals surface area (Å²) in [4.78, 5) is 13.3. The first-order valence-corrected chi connectivity index (χ1v) is 8.37. The smallest absolute Gasteiger partial charge is 0.229 e. The molecule has 0 radical (unpaired) electrons. The lowest BCUT2D eigenvalue weighted by Gasteiger charge is -2.07. The molecule has 2 aromatic heterocycles. The van der Waals surface area contributed by atoms with Crippen LogP contribution in [0.4, 0.5) is 17.5 Å². The number of benzene rings is 2. The van der Waals surface area contributed by atoms with E-state index >= 15 is 0 Å². The van der Waals surface area contributed by atoms with E-state index in [4.69, 9.17) is 4.98 Å². The van der Waals surface area contributed by atoms with Gasteiger partial charge in [-0.3, -0.25) is 0 Å². The molecule has 2 aromatic carbocycles. The fraction of sp³-hybridized carbons (Fsp3) is 0.0556. The molecule has 4 rings (SSSR count). The van der Waals surface area contributed by atoms with E-state index in [1.807, 2.05) is 43.4 Å². The van der Waals surface area contributed by atoms with E-state index in [2.05, 4.69) is 38.8 Å². The standard InChI is InChI=1S/C18H15N5S/c1-19-16-9-10-20-18(23-16)21-13-6-4-5-12(11-13)17-22-14-7-2-3-8-15(14)24-17/h2-11H,1H3,(H2,19,20,21,23). The zero-order valence-corrected chi connectivity index (χ0v) is 13.8. The van der Waals surface area contributed by atoms with Crippen LogP contribution in [0.3, 0.4) is 0 Å². The molecule has 118 valence electrons. The molecule has 24 heavy (non-hydrogen) atoms. The van der Waals surface area contributed by atoms with Gasteiger partial charge in [0.05, 0.1) is 10.2 Å². The van der Waals surface area contributed by atoms with Gasteiger partial charge >= 0.3 is 0 Å². The van der Waals surface area contributed by atoms with Crippen molar-refractivity contribution in [1.29, 1.82) is 0 Å². The third-order valence-corrected chi connectivity index (χ3v) is 4.66. The maximum Gasteiger partial charge on any atom is 0.229 e. The van der Waals surface area contributed by atoms with Crippen LogP contribution in [0.1, 0.15) is 0 Å². The Balaban J connectivity index is 1.65. The molecule has 0 saturated carbocycles. The van der Waals surface area contributed by atoms with Gasteiger partial charge in [-0.2, -0.15) is 4.98 Å². The minimum Gasteiger partial charge on any atom is -0.373 e. The van der Waals surface area contributed by atoms with Crippen molar-refractivity contribution < 1.29 is 0 Å². The number of para-hydroxylation sites is 1. The van der Waals surface area contributed by atoms with Gasteiger partial charge in [0.15, 0.2) is 0 Å². The average Bonchev–Trinajstić information content (AvgIpc) is 3.06. The van der Waals surface area contributed by atoms with Crippen LogP contribution in [0, 0.1) is 0 Å². The Morgan fingerprint density at radius 1 is 0.958 bits per heavy atom. The molecule has 0 saturated heterocycles. The Kier molecular flexibility index (Phi) is 3.80. The van der Waals surface area contributed by atoms with E-state index in [0.717, 1.165) is 27.6 Å². The summed E-state index contributed by atoms with van der Waals surface area (Å²) in [5.41, 5.74) is 3.03. The van der Waals surface area contributed by atoms with Crippen molar-refractivity contribution in [1.82, 2.24) is 15.0 Å². The van der Waals surface area contributed by atoms with Crippen LogP contribution >= 0.6 is 11.3 Å². The maximum absolute atomic E-state index is 4.71. The number of aromatic nitrogens is 3. The number of thiazole rings is 1. The van der Waals surface area contributed by atoms with Crippen molar-refractivity contribution in [2.45, 2.75) is 0 Å². The van der Waals surface area contributed by atoms with E-state index < -0.39 is 0 Å². The summed E-state index contributed by atoms with van der Waals surface area (Å²) in [7, 11) is 1.83. The van der Waals surface area contributed by atoms with Crippen molar-refractivity contribution in [2.75, 3.05) is 17.7 Å². The zero-order chi connectivity index (χ0) is 16.4. The second-order valence-corrected chi connectivity index (χ2v) is 6.24. The van der Waals surface area contributed by atoms with Gasteiger partial charge in [-0.05, 0) is 30.3 Å². The first-order chi connectivity index (χ1) is 11.8. The average molecular weight is 333 g/mol. The van der Waals surface area contributed by atoms with Crippen molar-refractivity contribution in [2.24, 2.45) is 0 Å². The lowest BCUT2D eigenvalue weighted by atomic mass is 10.2. The lowest BCUT2D eigenvalue weighted by molar-refractivity contribution is 1.16. The first-order valence-electron chi connectivity index (χ1n) is 7.56. The topological polar surface area (TPSA) is 62.7 Å². The molecule has 6 heteroatoms. The first kappa shape index (κ1) is 14.6. The second-order valence-electron chi connectivity index (χ2n) is 5.21. The third kappa shape index (κ3) is 2.91. The Bertz CT molecular complexity index is 962.